The molecule has 0 saturated carbocycles. The Bertz CT molecular complexity index is 798. The molecular formula is C25H32O2S. The Hall–Kier alpha value is -1.32. The molecular weight excluding hydrogens is 364 g/mol. The lowest BCUT2D eigenvalue weighted by atomic mass is 9.59. The van der Waals surface area contributed by atoms with E-state index in [1.165, 1.54) is 10.5 Å². The first-order valence-electron chi connectivity index (χ1n) is 10.6. The molecule has 150 valence electrons. The largest absolute Gasteiger partial charge is 0.363 e. The number of carbonyl (C=O) groups is 1. The summed E-state index contributed by atoms with van der Waals surface area (Å²) in [7, 11) is 0. The van der Waals surface area contributed by atoms with E-state index in [0.717, 1.165) is 37.7 Å². The quantitative estimate of drug-likeness (QED) is 0.538. The van der Waals surface area contributed by atoms with Crippen LogP contribution in [-0.4, -0.2) is 17.3 Å². The number of carbonyl (C=O) groups excluding carboxylic acids is 1. The van der Waals surface area contributed by atoms with Gasteiger partial charge in [0.1, 0.15) is 5.44 Å². The highest BCUT2D eigenvalue weighted by molar-refractivity contribution is 7.99. The molecule has 0 N–H and O–H groups in total. The van der Waals surface area contributed by atoms with E-state index in [4.69, 9.17) is 4.74 Å². The minimum atomic E-state index is -0.193. The van der Waals surface area contributed by atoms with Crippen molar-refractivity contribution in [3.8, 4) is 0 Å². The summed E-state index contributed by atoms with van der Waals surface area (Å²) in [5.74, 6) is 0.818. The van der Waals surface area contributed by atoms with Crippen LogP contribution in [0, 0.1) is 16.7 Å². The highest BCUT2D eigenvalue weighted by atomic mass is 32.2. The van der Waals surface area contributed by atoms with Gasteiger partial charge in [0.15, 0.2) is 5.78 Å². The number of thioether (sulfide) groups is 1. The zero-order chi connectivity index (χ0) is 19.9. The predicted molar refractivity (Wildman–Crippen MR) is 116 cm³/mol. The highest BCUT2D eigenvalue weighted by Gasteiger charge is 2.53. The lowest BCUT2D eigenvalue weighted by Crippen LogP contribution is -2.51. The molecule has 1 aliphatic heterocycles. The zero-order valence-corrected chi connectivity index (χ0v) is 18.2. The van der Waals surface area contributed by atoms with Gasteiger partial charge in [0, 0.05) is 22.3 Å². The Balaban J connectivity index is 1.68. The van der Waals surface area contributed by atoms with E-state index < -0.39 is 0 Å². The van der Waals surface area contributed by atoms with Crippen LogP contribution >= 0.6 is 11.8 Å². The molecule has 3 aliphatic rings. The molecule has 2 nitrogen and oxygen atoms in total. The van der Waals surface area contributed by atoms with Crippen LogP contribution < -0.4 is 0 Å². The first kappa shape index (κ1) is 20.0. The van der Waals surface area contributed by atoms with Crippen molar-refractivity contribution in [1.29, 1.82) is 0 Å². The van der Waals surface area contributed by atoms with Crippen LogP contribution in [0.5, 0.6) is 0 Å². The van der Waals surface area contributed by atoms with Gasteiger partial charge in [0.05, 0.1) is 6.10 Å². The molecule has 0 aromatic heterocycles. The lowest BCUT2D eigenvalue weighted by Gasteiger charge is -2.52. The molecule has 2 aliphatic carbocycles. The molecule has 1 aromatic rings. The second-order valence-corrected chi connectivity index (χ2v) is 10.6. The SMILES string of the molecule is C=C[C@@]1(C)C[C@H](Sc2ccccc2)O[C@@H](C2(C)C3=C(CCC3=O)CCC2C)C1. The number of benzene rings is 1. The summed E-state index contributed by atoms with van der Waals surface area (Å²) in [6.07, 6.45) is 7.96. The van der Waals surface area contributed by atoms with Crippen LogP contribution in [0.3, 0.4) is 0 Å². The molecule has 0 amide bonds. The van der Waals surface area contributed by atoms with Crippen LogP contribution in [0.4, 0.5) is 0 Å². The van der Waals surface area contributed by atoms with Crippen molar-refractivity contribution >= 4 is 17.5 Å². The van der Waals surface area contributed by atoms with E-state index in [1.54, 1.807) is 11.8 Å². The second-order valence-electron chi connectivity index (χ2n) is 9.38. The van der Waals surface area contributed by atoms with Crippen LogP contribution in [-0.2, 0) is 9.53 Å². The number of ketones is 1. The summed E-state index contributed by atoms with van der Waals surface area (Å²) in [5.41, 5.74) is 2.44. The number of rotatable bonds is 4. The third-order valence-electron chi connectivity index (χ3n) is 7.50. The Morgan fingerprint density at radius 1 is 1.14 bits per heavy atom. The number of Topliss-reactive ketones (excluding diaryl/α,β-unsaturated/α-hetero) is 1. The lowest BCUT2D eigenvalue weighted by molar-refractivity contribution is -0.127. The van der Waals surface area contributed by atoms with E-state index >= 15 is 0 Å². The van der Waals surface area contributed by atoms with Gasteiger partial charge in [-0.15, -0.1) is 6.58 Å². The van der Waals surface area contributed by atoms with Gasteiger partial charge in [-0.1, -0.05) is 62.4 Å². The molecule has 28 heavy (non-hydrogen) atoms. The average molecular weight is 397 g/mol. The summed E-state index contributed by atoms with van der Waals surface area (Å²) in [6.45, 7) is 11.1. The maximum atomic E-state index is 12.9. The first-order chi connectivity index (χ1) is 13.4. The monoisotopic (exact) mass is 396 g/mol. The third kappa shape index (κ3) is 3.41. The fourth-order valence-electron chi connectivity index (χ4n) is 5.47. The summed E-state index contributed by atoms with van der Waals surface area (Å²) in [5, 5.41) is 0. The van der Waals surface area contributed by atoms with Gasteiger partial charge in [0.2, 0.25) is 0 Å². The second kappa shape index (κ2) is 7.50. The Morgan fingerprint density at radius 3 is 2.61 bits per heavy atom. The molecule has 2 unspecified atom stereocenters. The summed E-state index contributed by atoms with van der Waals surface area (Å²) < 4.78 is 6.79. The van der Waals surface area contributed by atoms with E-state index in [1.807, 2.05) is 6.07 Å². The van der Waals surface area contributed by atoms with Crippen molar-refractivity contribution in [3.63, 3.8) is 0 Å². The number of ether oxygens (including phenoxy) is 1. The average Bonchev–Trinajstić information content (AvgIpc) is 3.07. The summed E-state index contributed by atoms with van der Waals surface area (Å²) in [4.78, 5) is 14.1. The molecule has 4 rings (SSSR count). The van der Waals surface area contributed by atoms with Gasteiger partial charge < -0.3 is 4.74 Å². The number of hydrogen-bond acceptors (Lipinski definition) is 3. The fraction of sp³-hybridized carbons (Fsp3) is 0.560. The molecule has 3 heteroatoms. The molecule has 0 spiro atoms. The van der Waals surface area contributed by atoms with E-state index in [0.29, 0.717) is 18.1 Å². The smallest absolute Gasteiger partial charge is 0.159 e. The molecule has 1 fully saturated rings. The topological polar surface area (TPSA) is 26.3 Å². The van der Waals surface area contributed by atoms with Gasteiger partial charge in [-0.3, -0.25) is 4.79 Å². The van der Waals surface area contributed by atoms with Crippen LogP contribution in [0.25, 0.3) is 0 Å². The third-order valence-corrected chi connectivity index (χ3v) is 8.59. The Morgan fingerprint density at radius 2 is 1.89 bits per heavy atom. The predicted octanol–water partition coefficient (Wildman–Crippen LogP) is 6.57. The van der Waals surface area contributed by atoms with Gasteiger partial charge in [-0.05, 0) is 55.6 Å². The summed E-state index contributed by atoms with van der Waals surface area (Å²) >= 11 is 1.80. The van der Waals surface area contributed by atoms with Gasteiger partial charge in [-0.2, -0.15) is 0 Å². The fourth-order valence-corrected chi connectivity index (χ4v) is 6.74. The van der Waals surface area contributed by atoms with E-state index in [-0.39, 0.29) is 22.4 Å². The van der Waals surface area contributed by atoms with Crippen LogP contribution in [0.15, 0.2) is 59.0 Å². The van der Waals surface area contributed by atoms with E-state index in [9.17, 15) is 4.79 Å². The number of allylic oxidation sites excluding steroid dienone is 2. The highest BCUT2D eigenvalue weighted by Crippen LogP contribution is 2.57. The van der Waals surface area contributed by atoms with Crippen molar-refractivity contribution < 1.29 is 9.53 Å². The molecule has 5 atom stereocenters. The summed E-state index contributed by atoms with van der Waals surface area (Å²) in [6, 6.07) is 10.5. The molecule has 1 aromatic carbocycles. The van der Waals surface area contributed by atoms with Gasteiger partial charge in [0.25, 0.3) is 0 Å². The van der Waals surface area contributed by atoms with Crippen molar-refractivity contribution in [1.82, 2.24) is 0 Å². The van der Waals surface area contributed by atoms with Crippen molar-refractivity contribution in [3.05, 3.63) is 54.1 Å². The van der Waals surface area contributed by atoms with Crippen molar-refractivity contribution in [2.24, 2.45) is 16.7 Å². The van der Waals surface area contributed by atoms with Crippen LogP contribution in [0.2, 0.25) is 0 Å². The normalized spacial score (nSPS) is 38.4. The molecule has 1 saturated heterocycles. The minimum absolute atomic E-state index is 0.0257. The Labute approximate surface area is 173 Å². The first-order valence-corrected chi connectivity index (χ1v) is 11.5. The van der Waals surface area contributed by atoms with Gasteiger partial charge in [-0.25, -0.2) is 0 Å². The Kier molecular flexibility index (Phi) is 5.35. The minimum Gasteiger partial charge on any atom is -0.363 e. The molecule has 1 heterocycles. The molecule has 0 bridgehead atoms. The van der Waals surface area contributed by atoms with E-state index in [2.05, 4.69) is 57.7 Å². The maximum Gasteiger partial charge on any atom is 0.159 e. The van der Waals surface area contributed by atoms with Crippen molar-refractivity contribution in [2.45, 2.75) is 75.7 Å². The van der Waals surface area contributed by atoms with Crippen LogP contribution in [0.1, 0.15) is 59.3 Å². The van der Waals surface area contributed by atoms with Gasteiger partial charge >= 0.3 is 0 Å². The molecule has 0 radical (unpaired) electrons. The maximum absolute atomic E-state index is 12.9. The standard InChI is InChI=1S/C25H32O2S/c1-5-24(3)15-21(27-22(16-24)28-19-9-7-6-8-10-19)25(4)17(2)11-12-18-13-14-20(26)23(18)25/h5-10,17,21-22H,1,11-16H2,2-4H3/t17?,21-,22+,24-,25?/m1/s1. The van der Waals surface area contributed by atoms with Crippen molar-refractivity contribution in [2.75, 3.05) is 0 Å². The zero-order valence-electron chi connectivity index (χ0n) is 17.4. The number of hydrogen-bond donors (Lipinski definition) is 0.